The predicted molar refractivity (Wildman–Crippen MR) is 91.6 cm³/mol. The van der Waals surface area contributed by atoms with Gasteiger partial charge in [0.25, 0.3) is 0 Å². The SMILES string of the molecule is CC(C)(C)OC(=O)Nc1ccc(Nc2ncc(C(F)(F)F)c(Cl)n2)cc1.[Br-].[Br-].[Zn+2]. The van der Waals surface area contributed by atoms with Gasteiger partial charge < -0.3 is 44.0 Å². The topological polar surface area (TPSA) is 76.1 Å². The van der Waals surface area contributed by atoms with Gasteiger partial charge in [-0.25, -0.2) is 14.8 Å². The average molecular weight is 614 g/mol. The molecule has 2 rings (SSSR count). The Morgan fingerprint density at radius 3 is 2.03 bits per heavy atom. The Balaban J connectivity index is 0. The van der Waals surface area contributed by atoms with Gasteiger partial charge in [0.2, 0.25) is 5.95 Å². The number of aromatic nitrogens is 2. The van der Waals surface area contributed by atoms with E-state index in [4.69, 9.17) is 16.3 Å². The van der Waals surface area contributed by atoms with Crippen molar-refractivity contribution in [3.63, 3.8) is 0 Å². The zero-order valence-corrected chi connectivity index (χ0v) is 22.5. The Bertz CT molecular complexity index is 806. The molecule has 0 spiro atoms. The van der Waals surface area contributed by atoms with E-state index in [9.17, 15) is 18.0 Å². The minimum atomic E-state index is -4.62. The summed E-state index contributed by atoms with van der Waals surface area (Å²) in [7, 11) is 0. The van der Waals surface area contributed by atoms with Gasteiger partial charge in [-0.1, -0.05) is 11.6 Å². The number of halogens is 6. The smallest absolute Gasteiger partial charge is 1.00 e. The third-order valence-corrected chi connectivity index (χ3v) is 3.12. The minimum absolute atomic E-state index is 0. The maximum Gasteiger partial charge on any atom is 2.00 e. The van der Waals surface area contributed by atoms with Crippen LogP contribution in [0.25, 0.3) is 0 Å². The van der Waals surface area contributed by atoms with Gasteiger partial charge in [-0.2, -0.15) is 13.2 Å². The van der Waals surface area contributed by atoms with Gasteiger partial charge >= 0.3 is 31.7 Å². The van der Waals surface area contributed by atoms with E-state index in [0.717, 1.165) is 0 Å². The van der Waals surface area contributed by atoms with Gasteiger partial charge in [0.1, 0.15) is 16.3 Å². The van der Waals surface area contributed by atoms with E-state index in [-0.39, 0.29) is 59.4 Å². The predicted octanol–water partition coefficient (Wildman–Crippen LogP) is -0.755. The molecule has 0 unspecified atom stereocenters. The van der Waals surface area contributed by atoms with Gasteiger partial charge in [0.15, 0.2) is 0 Å². The number of hydrogen-bond donors (Lipinski definition) is 2. The van der Waals surface area contributed by atoms with Gasteiger partial charge in [-0.3, -0.25) is 5.32 Å². The molecule has 0 fully saturated rings. The first kappa shape index (κ1) is 30.2. The van der Waals surface area contributed by atoms with Gasteiger partial charge in [0, 0.05) is 17.6 Å². The van der Waals surface area contributed by atoms with E-state index >= 15 is 0 Å². The molecule has 0 aliphatic heterocycles. The van der Waals surface area contributed by atoms with Gasteiger partial charge in [-0.05, 0) is 45.0 Å². The van der Waals surface area contributed by atoms with Crippen LogP contribution in [-0.4, -0.2) is 21.7 Å². The number of carbonyl (C=O) groups excluding carboxylic acids is 1. The first-order valence-corrected chi connectivity index (χ1v) is 7.79. The number of amides is 1. The second-order valence-corrected chi connectivity index (χ2v) is 6.58. The van der Waals surface area contributed by atoms with Crippen molar-refractivity contribution in [1.29, 1.82) is 0 Å². The molecule has 156 valence electrons. The van der Waals surface area contributed by atoms with E-state index in [1.165, 1.54) is 0 Å². The second kappa shape index (κ2) is 12.0. The minimum Gasteiger partial charge on any atom is -1.00 e. The number of nitrogens with zero attached hydrogens (tertiary/aromatic N) is 2. The van der Waals surface area contributed by atoms with Crippen LogP contribution in [0.4, 0.5) is 35.3 Å². The standard InChI is InChI=1S/C16H16ClF3N4O2.2BrH.Zn/c1-15(2,3)26-14(25)23-10-6-4-9(5-7-10)22-13-21-8-11(12(17)24-13)16(18,19)20;;;/h4-8H,1-3H3,(H,23,25)(H,21,22,24);2*1H;/q;;;+2/p-2. The van der Waals surface area contributed by atoms with Crippen molar-refractivity contribution in [2.24, 2.45) is 0 Å². The monoisotopic (exact) mass is 610 g/mol. The third kappa shape index (κ3) is 10.1. The van der Waals surface area contributed by atoms with E-state index in [2.05, 4.69) is 20.6 Å². The van der Waals surface area contributed by atoms with Crippen molar-refractivity contribution in [1.82, 2.24) is 9.97 Å². The molecule has 1 amide bonds. The summed E-state index contributed by atoms with van der Waals surface area (Å²) in [6, 6.07) is 6.33. The van der Waals surface area contributed by atoms with Crippen molar-refractivity contribution in [3.05, 3.63) is 41.2 Å². The van der Waals surface area contributed by atoms with Crippen LogP contribution in [0.2, 0.25) is 5.15 Å². The summed E-state index contributed by atoms with van der Waals surface area (Å²) in [5.41, 5.74) is -0.751. The van der Waals surface area contributed by atoms with Crippen LogP contribution in [0.5, 0.6) is 0 Å². The third-order valence-electron chi connectivity index (χ3n) is 2.83. The Labute approximate surface area is 204 Å². The van der Waals surface area contributed by atoms with E-state index in [0.29, 0.717) is 17.6 Å². The van der Waals surface area contributed by atoms with Crippen LogP contribution in [0.15, 0.2) is 30.5 Å². The molecular weight excluding hydrogens is 598 g/mol. The first-order chi connectivity index (χ1) is 11.9. The zero-order valence-electron chi connectivity index (χ0n) is 15.6. The molecular formula is C16H16Br2ClF3N4O2Zn. The summed E-state index contributed by atoms with van der Waals surface area (Å²) in [6.07, 6.45) is -4.61. The molecule has 0 bridgehead atoms. The van der Waals surface area contributed by atoms with Crippen LogP contribution in [0.3, 0.4) is 0 Å². The van der Waals surface area contributed by atoms with E-state index in [1.807, 2.05) is 0 Å². The molecule has 6 nitrogen and oxygen atoms in total. The number of nitrogens with one attached hydrogen (secondary N) is 2. The normalized spacial score (nSPS) is 10.6. The molecule has 0 aliphatic carbocycles. The number of alkyl halides is 3. The molecule has 1 aromatic heterocycles. The Kier molecular flexibility index (Phi) is 12.5. The Hall–Kier alpha value is -0.967. The van der Waals surface area contributed by atoms with Crippen LogP contribution in [0.1, 0.15) is 26.3 Å². The quantitative estimate of drug-likeness (QED) is 0.352. The van der Waals surface area contributed by atoms with Crippen molar-refractivity contribution in [2.45, 2.75) is 32.5 Å². The average Bonchev–Trinajstić information content (AvgIpc) is 2.46. The summed E-state index contributed by atoms with van der Waals surface area (Å²) < 4.78 is 43.0. The number of hydrogen-bond acceptors (Lipinski definition) is 5. The van der Waals surface area contributed by atoms with Crippen molar-refractivity contribution < 1.29 is 76.1 Å². The molecule has 0 saturated heterocycles. The van der Waals surface area contributed by atoms with Crippen molar-refractivity contribution in [3.8, 4) is 0 Å². The number of ether oxygens (including phenoxy) is 1. The molecule has 0 atom stereocenters. The largest absolute Gasteiger partial charge is 2.00 e. The summed E-state index contributed by atoms with van der Waals surface area (Å²) in [5, 5.41) is 4.58. The fourth-order valence-corrected chi connectivity index (χ4v) is 2.03. The summed E-state index contributed by atoms with van der Waals surface area (Å²) in [4.78, 5) is 18.9. The van der Waals surface area contributed by atoms with Crippen molar-refractivity contribution in [2.75, 3.05) is 10.6 Å². The Morgan fingerprint density at radius 2 is 1.59 bits per heavy atom. The van der Waals surface area contributed by atoms with Crippen LogP contribution in [-0.2, 0) is 30.4 Å². The molecule has 1 aromatic carbocycles. The van der Waals surface area contributed by atoms with Crippen LogP contribution < -0.4 is 44.6 Å². The van der Waals surface area contributed by atoms with Gasteiger partial charge in [-0.15, -0.1) is 0 Å². The number of rotatable bonds is 3. The van der Waals surface area contributed by atoms with Crippen LogP contribution >= 0.6 is 11.6 Å². The molecule has 0 aliphatic rings. The van der Waals surface area contributed by atoms with Gasteiger partial charge in [0.05, 0.1) is 0 Å². The first-order valence-electron chi connectivity index (χ1n) is 7.41. The number of carbonyl (C=O) groups is 1. The number of anilines is 3. The summed E-state index contributed by atoms with van der Waals surface area (Å²) in [5.74, 6) is -0.0872. The zero-order chi connectivity index (χ0) is 19.5. The molecule has 13 heteroatoms. The Morgan fingerprint density at radius 1 is 1.07 bits per heavy atom. The second-order valence-electron chi connectivity index (χ2n) is 6.23. The molecule has 0 saturated carbocycles. The maximum atomic E-state index is 12.6. The maximum absolute atomic E-state index is 12.6. The summed E-state index contributed by atoms with van der Waals surface area (Å²) >= 11 is 5.54. The molecule has 0 radical (unpaired) electrons. The fraction of sp³-hybridized carbons (Fsp3) is 0.312. The summed E-state index contributed by atoms with van der Waals surface area (Å²) in [6.45, 7) is 5.23. The van der Waals surface area contributed by atoms with Crippen LogP contribution in [0, 0.1) is 0 Å². The van der Waals surface area contributed by atoms with Crippen molar-refractivity contribution >= 4 is 35.0 Å². The molecule has 29 heavy (non-hydrogen) atoms. The molecule has 1 heterocycles. The number of benzene rings is 1. The molecule has 2 N–H and O–H groups in total. The van der Waals surface area contributed by atoms with E-state index < -0.39 is 28.6 Å². The fourth-order valence-electron chi connectivity index (χ4n) is 1.80. The molecule has 2 aromatic rings. The van der Waals surface area contributed by atoms with E-state index in [1.54, 1.807) is 45.0 Å².